The monoisotopic (exact) mass is 196 g/mol. The second-order valence-electron chi connectivity index (χ2n) is 2.94. The van der Waals surface area contributed by atoms with Gasteiger partial charge in [0.2, 0.25) is 0 Å². The van der Waals surface area contributed by atoms with Gasteiger partial charge in [-0.2, -0.15) is 0 Å². The van der Waals surface area contributed by atoms with Crippen LogP contribution in [0.3, 0.4) is 0 Å². The van der Waals surface area contributed by atoms with Crippen molar-refractivity contribution in [3.8, 4) is 0 Å². The van der Waals surface area contributed by atoms with E-state index in [-0.39, 0.29) is 6.04 Å². The fraction of sp³-hybridized carbons (Fsp3) is 0.200. The molecule has 1 rings (SSSR count). The van der Waals surface area contributed by atoms with Gasteiger partial charge in [0.25, 0.3) is 0 Å². The van der Waals surface area contributed by atoms with E-state index < -0.39 is 0 Å². The highest BCUT2D eigenvalue weighted by Crippen LogP contribution is 2.29. The van der Waals surface area contributed by atoms with Gasteiger partial charge in [-0.3, -0.25) is 0 Å². The largest absolute Gasteiger partial charge is 0.398 e. The second-order valence-corrected chi connectivity index (χ2v) is 3.32. The molecule has 0 radical (unpaired) electrons. The molecule has 70 valence electrons. The van der Waals surface area contributed by atoms with Crippen LogP contribution in [0.4, 0.5) is 5.69 Å². The van der Waals surface area contributed by atoms with E-state index in [1.54, 1.807) is 12.1 Å². The van der Waals surface area contributed by atoms with E-state index in [1.165, 1.54) is 0 Å². The van der Waals surface area contributed by atoms with Gasteiger partial charge in [0.15, 0.2) is 0 Å². The van der Waals surface area contributed by atoms with Crippen LogP contribution in [0.2, 0.25) is 5.02 Å². The zero-order valence-corrected chi connectivity index (χ0v) is 8.31. The molecule has 0 aliphatic rings. The van der Waals surface area contributed by atoms with Crippen molar-refractivity contribution in [2.75, 3.05) is 5.73 Å². The summed E-state index contributed by atoms with van der Waals surface area (Å²) in [6.07, 6.45) is 1.65. The molecule has 0 amide bonds. The Balaban J connectivity index is 3.25. The summed E-state index contributed by atoms with van der Waals surface area (Å²) in [4.78, 5) is 0. The molecule has 0 heterocycles. The molecule has 0 unspecified atom stereocenters. The first-order valence-corrected chi connectivity index (χ1v) is 4.38. The number of nitrogen functional groups attached to an aromatic ring is 1. The minimum atomic E-state index is -0.230. The summed E-state index contributed by atoms with van der Waals surface area (Å²) in [6.45, 7) is 5.49. The fourth-order valence-electron chi connectivity index (χ4n) is 1.11. The lowest BCUT2D eigenvalue weighted by atomic mass is 10.0. The van der Waals surface area contributed by atoms with Crippen molar-refractivity contribution in [2.24, 2.45) is 5.73 Å². The van der Waals surface area contributed by atoms with Crippen molar-refractivity contribution >= 4 is 17.3 Å². The summed E-state index contributed by atoms with van der Waals surface area (Å²) in [7, 11) is 0. The van der Waals surface area contributed by atoms with E-state index >= 15 is 0 Å². The Morgan fingerprint density at radius 3 is 2.69 bits per heavy atom. The molecule has 0 saturated carbocycles. The molecule has 0 fully saturated rings. The van der Waals surface area contributed by atoms with E-state index in [0.29, 0.717) is 10.7 Å². The number of benzene rings is 1. The summed E-state index contributed by atoms with van der Waals surface area (Å²) >= 11 is 6.06. The molecule has 1 aromatic carbocycles. The van der Waals surface area contributed by atoms with Crippen LogP contribution in [-0.2, 0) is 0 Å². The Kier molecular flexibility index (Phi) is 2.96. The van der Waals surface area contributed by atoms with Gasteiger partial charge in [-0.25, -0.2) is 0 Å². The molecule has 13 heavy (non-hydrogen) atoms. The predicted octanol–water partition coefficient (Wildman–Crippen LogP) is 2.42. The molecule has 1 atom stereocenters. The molecule has 0 saturated heterocycles. The fourth-order valence-corrected chi connectivity index (χ4v) is 1.40. The molecule has 0 bridgehead atoms. The average molecular weight is 197 g/mol. The second kappa shape index (κ2) is 3.81. The highest BCUT2D eigenvalue weighted by molar-refractivity contribution is 6.32. The van der Waals surface area contributed by atoms with Crippen molar-refractivity contribution in [1.82, 2.24) is 0 Å². The van der Waals surface area contributed by atoms with Crippen molar-refractivity contribution in [2.45, 2.75) is 13.0 Å². The van der Waals surface area contributed by atoms with Gasteiger partial charge >= 0.3 is 0 Å². The van der Waals surface area contributed by atoms with E-state index in [0.717, 1.165) is 11.1 Å². The van der Waals surface area contributed by atoms with E-state index in [1.807, 2.05) is 13.0 Å². The normalized spacial score (nSPS) is 12.5. The molecule has 0 aromatic heterocycles. The predicted molar refractivity (Wildman–Crippen MR) is 57.7 cm³/mol. The van der Waals surface area contributed by atoms with Gasteiger partial charge in [-0.05, 0) is 24.1 Å². The summed E-state index contributed by atoms with van der Waals surface area (Å²) in [5.41, 5.74) is 13.9. The molecule has 0 aliphatic carbocycles. The Morgan fingerprint density at radius 2 is 2.15 bits per heavy atom. The number of hydrogen-bond donors (Lipinski definition) is 2. The minimum absolute atomic E-state index is 0.230. The Hall–Kier alpha value is -0.990. The smallest absolute Gasteiger partial charge is 0.0506 e. The topological polar surface area (TPSA) is 52.0 Å². The number of nitrogens with two attached hydrogens (primary N) is 2. The van der Waals surface area contributed by atoms with Crippen LogP contribution >= 0.6 is 11.6 Å². The summed E-state index contributed by atoms with van der Waals surface area (Å²) in [6, 6.07) is 3.41. The highest BCUT2D eigenvalue weighted by atomic mass is 35.5. The first-order valence-electron chi connectivity index (χ1n) is 4.00. The lowest BCUT2D eigenvalue weighted by Crippen LogP contribution is -2.08. The Bertz CT molecular complexity index is 334. The maximum absolute atomic E-state index is 6.06. The van der Waals surface area contributed by atoms with E-state index in [9.17, 15) is 0 Å². The molecule has 0 aliphatic heterocycles. The first-order chi connectivity index (χ1) is 6.07. The van der Waals surface area contributed by atoms with Crippen LogP contribution < -0.4 is 11.5 Å². The Morgan fingerprint density at radius 1 is 1.54 bits per heavy atom. The molecule has 4 N–H and O–H groups in total. The van der Waals surface area contributed by atoms with Gasteiger partial charge in [0.05, 0.1) is 5.02 Å². The quantitative estimate of drug-likeness (QED) is 0.564. The summed E-state index contributed by atoms with van der Waals surface area (Å²) in [5.74, 6) is 0. The molecule has 0 spiro atoms. The molecule has 2 nitrogen and oxygen atoms in total. The minimum Gasteiger partial charge on any atom is -0.398 e. The summed E-state index contributed by atoms with van der Waals surface area (Å²) in [5, 5.41) is 0.632. The van der Waals surface area contributed by atoms with Crippen molar-refractivity contribution in [3.05, 3.63) is 40.9 Å². The van der Waals surface area contributed by atoms with Crippen LogP contribution in [-0.4, -0.2) is 0 Å². The van der Waals surface area contributed by atoms with Crippen LogP contribution in [0.15, 0.2) is 24.8 Å². The first kappa shape index (κ1) is 10.1. The third-order valence-electron chi connectivity index (χ3n) is 2.07. The van der Waals surface area contributed by atoms with Gasteiger partial charge in [-0.1, -0.05) is 23.7 Å². The zero-order valence-electron chi connectivity index (χ0n) is 7.55. The number of rotatable bonds is 2. The SMILES string of the molecule is C=C[C@H](N)c1ccc(N)c(C)c1Cl. The van der Waals surface area contributed by atoms with Crippen LogP contribution in [0.5, 0.6) is 0 Å². The standard InChI is InChI=1S/C10H13ClN2/c1-3-8(12)7-4-5-9(13)6(2)10(7)11/h3-5,8H,1,12-13H2,2H3/t8-/m0/s1. The van der Waals surface area contributed by atoms with Crippen LogP contribution in [0.25, 0.3) is 0 Å². The highest BCUT2D eigenvalue weighted by Gasteiger charge is 2.09. The molecule has 1 aromatic rings. The molecular weight excluding hydrogens is 184 g/mol. The van der Waals surface area contributed by atoms with Gasteiger partial charge < -0.3 is 11.5 Å². The van der Waals surface area contributed by atoms with E-state index in [4.69, 9.17) is 23.1 Å². The number of anilines is 1. The number of halogens is 1. The zero-order chi connectivity index (χ0) is 10.0. The lowest BCUT2D eigenvalue weighted by molar-refractivity contribution is 0.913. The lowest BCUT2D eigenvalue weighted by Gasteiger charge is -2.12. The van der Waals surface area contributed by atoms with Crippen molar-refractivity contribution in [1.29, 1.82) is 0 Å². The third kappa shape index (κ3) is 1.85. The summed E-state index contributed by atoms with van der Waals surface area (Å²) < 4.78 is 0. The van der Waals surface area contributed by atoms with Crippen LogP contribution in [0, 0.1) is 6.92 Å². The van der Waals surface area contributed by atoms with Crippen LogP contribution in [0.1, 0.15) is 17.2 Å². The Labute approximate surface area is 83.2 Å². The third-order valence-corrected chi connectivity index (χ3v) is 2.57. The maximum atomic E-state index is 6.06. The molecular formula is C10H13ClN2. The number of hydrogen-bond acceptors (Lipinski definition) is 2. The maximum Gasteiger partial charge on any atom is 0.0506 e. The van der Waals surface area contributed by atoms with E-state index in [2.05, 4.69) is 6.58 Å². The van der Waals surface area contributed by atoms with Gasteiger partial charge in [0, 0.05) is 11.7 Å². The van der Waals surface area contributed by atoms with Crippen molar-refractivity contribution < 1.29 is 0 Å². The average Bonchev–Trinajstić information content (AvgIpc) is 2.13. The van der Waals surface area contributed by atoms with Gasteiger partial charge in [-0.15, -0.1) is 6.58 Å². The van der Waals surface area contributed by atoms with Crippen molar-refractivity contribution in [3.63, 3.8) is 0 Å². The van der Waals surface area contributed by atoms with Gasteiger partial charge in [0.1, 0.15) is 0 Å². The molecule has 3 heteroatoms.